The molecule has 0 saturated carbocycles. The first kappa shape index (κ1) is 15.1. The second kappa shape index (κ2) is 6.95. The number of methoxy groups -OCH3 is 1. The van der Waals surface area contributed by atoms with Crippen LogP contribution in [0.3, 0.4) is 0 Å². The summed E-state index contributed by atoms with van der Waals surface area (Å²) in [5.74, 6) is 1.18. The fourth-order valence-electron chi connectivity index (χ4n) is 1.68. The summed E-state index contributed by atoms with van der Waals surface area (Å²) in [6, 6.07) is 10.9. The lowest BCUT2D eigenvalue weighted by molar-refractivity contribution is 0.112. The third-order valence-electron chi connectivity index (χ3n) is 2.68. The van der Waals surface area contributed by atoms with Gasteiger partial charge in [0.1, 0.15) is 12.9 Å². The van der Waals surface area contributed by atoms with E-state index in [0.717, 1.165) is 15.4 Å². The predicted octanol–water partition coefficient (Wildman–Crippen LogP) is 4.34. The van der Waals surface area contributed by atoms with Crippen molar-refractivity contribution in [1.29, 1.82) is 0 Å². The molecule has 0 heterocycles. The van der Waals surface area contributed by atoms with Gasteiger partial charge in [0.05, 0.1) is 10.7 Å². The van der Waals surface area contributed by atoms with Crippen LogP contribution in [0.5, 0.6) is 11.5 Å². The highest BCUT2D eigenvalue weighted by Gasteiger charge is 2.11. The van der Waals surface area contributed by atoms with E-state index in [9.17, 15) is 4.79 Å². The third kappa shape index (κ3) is 3.64. The van der Waals surface area contributed by atoms with E-state index in [-0.39, 0.29) is 0 Å². The molecule has 20 heavy (non-hydrogen) atoms. The van der Waals surface area contributed by atoms with Gasteiger partial charge in [-0.2, -0.15) is 0 Å². The van der Waals surface area contributed by atoms with Crippen molar-refractivity contribution in [3.63, 3.8) is 0 Å². The Kier molecular flexibility index (Phi) is 5.25. The standard InChI is InChI=1S/C15H12ClIO3/c1-19-14-7-11(8-18)6-13(17)15(14)20-9-10-2-4-12(16)5-3-10/h2-8H,9H2,1H3. The Morgan fingerprint density at radius 3 is 2.55 bits per heavy atom. The average molecular weight is 403 g/mol. The summed E-state index contributed by atoms with van der Waals surface area (Å²) in [4.78, 5) is 10.8. The Morgan fingerprint density at radius 2 is 1.95 bits per heavy atom. The van der Waals surface area contributed by atoms with Crippen LogP contribution >= 0.6 is 34.2 Å². The molecule has 0 aliphatic heterocycles. The van der Waals surface area contributed by atoms with Gasteiger partial charge in [-0.1, -0.05) is 23.7 Å². The molecule has 0 radical (unpaired) electrons. The molecule has 0 saturated heterocycles. The fourth-order valence-corrected chi connectivity index (χ4v) is 2.59. The van der Waals surface area contributed by atoms with Crippen molar-refractivity contribution in [1.82, 2.24) is 0 Å². The zero-order valence-corrected chi connectivity index (χ0v) is 13.6. The van der Waals surface area contributed by atoms with Gasteiger partial charge in [-0.15, -0.1) is 0 Å². The van der Waals surface area contributed by atoms with E-state index in [0.29, 0.717) is 28.7 Å². The maximum Gasteiger partial charge on any atom is 0.174 e. The van der Waals surface area contributed by atoms with Gasteiger partial charge < -0.3 is 9.47 Å². The van der Waals surface area contributed by atoms with Crippen LogP contribution in [0, 0.1) is 3.57 Å². The molecule has 104 valence electrons. The highest BCUT2D eigenvalue weighted by molar-refractivity contribution is 14.1. The largest absolute Gasteiger partial charge is 0.493 e. The van der Waals surface area contributed by atoms with Crippen molar-refractivity contribution in [2.75, 3.05) is 7.11 Å². The summed E-state index contributed by atoms with van der Waals surface area (Å²) in [5.41, 5.74) is 1.57. The van der Waals surface area contributed by atoms with Gasteiger partial charge in [-0.3, -0.25) is 4.79 Å². The number of carbonyl (C=O) groups excluding carboxylic acids is 1. The van der Waals surface area contributed by atoms with Crippen molar-refractivity contribution >= 4 is 40.5 Å². The summed E-state index contributed by atoms with van der Waals surface area (Å²) in [6.07, 6.45) is 0.785. The maximum absolute atomic E-state index is 10.8. The predicted molar refractivity (Wildman–Crippen MR) is 86.9 cm³/mol. The maximum atomic E-state index is 10.8. The number of ether oxygens (including phenoxy) is 2. The fraction of sp³-hybridized carbons (Fsp3) is 0.133. The number of carbonyl (C=O) groups is 1. The molecule has 5 heteroatoms. The van der Waals surface area contributed by atoms with E-state index in [1.807, 2.05) is 24.3 Å². The van der Waals surface area contributed by atoms with Crippen LogP contribution in [-0.2, 0) is 6.61 Å². The Morgan fingerprint density at radius 1 is 1.25 bits per heavy atom. The number of hydrogen-bond donors (Lipinski definition) is 0. The highest BCUT2D eigenvalue weighted by atomic mass is 127. The Hall–Kier alpha value is -1.27. The molecule has 0 aliphatic carbocycles. The van der Waals surface area contributed by atoms with Gasteiger partial charge in [-0.25, -0.2) is 0 Å². The van der Waals surface area contributed by atoms with E-state index in [4.69, 9.17) is 21.1 Å². The van der Waals surface area contributed by atoms with Gasteiger partial charge in [-0.05, 0) is 52.4 Å². The smallest absolute Gasteiger partial charge is 0.174 e. The van der Waals surface area contributed by atoms with E-state index in [1.165, 1.54) is 0 Å². The number of benzene rings is 2. The summed E-state index contributed by atoms with van der Waals surface area (Å²) in [6.45, 7) is 0.407. The number of aldehydes is 1. The molecule has 0 aliphatic rings. The Labute approximate surface area is 136 Å². The zero-order valence-electron chi connectivity index (χ0n) is 10.7. The minimum Gasteiger partial charge on any atom is -0.493 e. The quantitative estimate of drug-likeness (QED) is 0.551. The molecule has 0 N–H and O–H groups in total. The minimum atomic E-state index is 0.407. The van der Waals surface area contributed by atoms with Crippen LogP contribution in [0.1, 0.15) is 15.9 Å². The molecule has 3 nitrogen and oxygen atoms in total. The van der Waals surface area contributed by atoms with Crippen molar-refractivity contribution in [3.8, 4) is 11.5 Å². The SMILES string of the molecule is COc1cc(C=O)cc(I)c1OCc1ccc(Cl)cc1. The second-order valence-corrected chi connectivity index (χ2v) is 5.67. The lowest BCUT2D eigenvalue weighted by Crippen LogP contribution is -2.00. The zero-order chi connectivity index (χ0) is 14.5. The minimum absolute atomic E-state index is 0.407. The summed E-state index contributed by atoms with van der Waals surface area (Å²) >= 11 is 7.96. The summed E-state index contributed by atoms with van der Waals surface area (Å²) in [7, 11) is 1.55. The Balaban J connectivity index is 2.20. The first-order valence-corrected chi connectivity index (χ1v) is 7.29. The highest BCUT2D eigenvalue weighted by Crippen LogP contribution is 2.34. The van der Waals surface area contributed by atoms with Crippen LogP contribution in [0.25, 0.3) is 0 Å². The van der Waals surface area contributed by atoms with E-state index in [2.05, 4.69) is 22.6 Å². The second-order valence-electron chi connectivity index (χ2n) is 4.07. The normalized spacial score (nSPS) is 10.2. The van der Waals surface area contributed by atoms with E-state index < -0.39 is 0 Å². The molecular formula is C15H12ClIO3. The lowest BCUT2D eigenvalue weighted by Gasteiger charge is -2.13. The molecule has 0 bridgehead atoms. The number of hydrogen-bond acceptors (Lipinski definition) is 3. The molecular weight excluding hydrogens is 391 g/mol. The van der Waals surface area contributed by atoms with E-state index in [1.54, 1.807) is 19.2 Å². The van der Waals surface area contributed by atoms with Crippen molar-refractivity contribution in [2.24, 2.45) is 0 Å². The summed E-state index contributed by atoms with van der Waals surface area (Å²) < 4.78 is 11.9. The van der Waals surface area contributed by atoms with Crippen LogP contribution in [0.2, 0.25) is 5.02 Å². The Bertz CT molecular complexity index is 611. The van der Waals surface area contributed by atoms with Crippen LogP contribution in [-0.4, -0.2) is 13.4 Å². The molecule has 0 aromatic heterocycles. The van der Waals surface area contributed by atoms with Gasteiger partial charge in [0.25, 0.3) is 0 Å². The van der Waals surface area contributed by atoms with Crippen LogP contribution in [0.15, 0.2) is 36.4 Å². The average Bonchev–Trinajstić information content (AvgIpc) is 2.47. The third-order valence-corrected chi connectivity index (χ3v) is 3.74. The summed E-state index contributed by atoms with van der Waals surface area (Å²) in [5, 5.41) is 0.691. The van der Waals surface area contributed by atoms with Gasteiger partial charge in [0.2, 0.25) is 0 Å². The first-order valence-electron chi connectivity index (χ1n) is 5.84. The number of rotatable bonds is 5. The topological polar surface area (TPSA) is 35.5 Å². The number of halogens is 2. The molecule has 0 atom stereocenters. The molecule has 0 fully saturated rings. The van der Waals surface area contributed by atoms with Crippen molar-refractivity contribution in [3.05, 3.63) is 56.1 Å². The van der Waals surface area contributed by atoms with Crippen molar-refractivity contribution in [2.45, 2.75) is 6.61 Å². The van der Waals surface area contributed by atoms with Crippen LogP contribution in [0.4, 0.5) is 0 Å². The monoisotopic (exact) mass is 402 g/mol. The van der Waals surface area contributed by atoms with Crippen molar-refractivity contribution < 1.29 is 14.3 Å². The van der Waals surface area contributed by atoms with E-state index >= 15 is 0 Å². The molecule has 2 aromatic rings. The molecule has 0 spiro atoms. The molecule has 0 amide bonds. The first-order chi connectivity index (χ1) is 9.63. The van der Waals surface area contributed by atoms with Gasteiger partial charge >= 0.3 is 0 Å². The van der Waals surface area contributed by atoms with Gasteiger partial charge in [0, 0.05) is 10.6 Å². The molecule has 2 rings (SSSR count). The lowest BCUT2D eigenvalue weighted by atomic mass is 10.2. The molecule has 2 aromatic carbocycles. The van der Waals surface area contributed by atoms with Crippen LogP contribution < -0.4 is 9.47 Å². The van der Waals surface area contributed by atoms with Gasteiger partial charge in [0.15, 0.2) is 11.5 Å². The molecule has 0 unspecified atom stereocenters.